The van der Waals surface area contributed by atoms with Gasteiger partial charge in [-0.3, -0.25) is 14.4 Å². The van der Waals surface area contributed by atoms with Crippen LogP contribution in [0.2, 0.25) is 0 Å². The van der Waals surface area contributed by atoms with Gasteiger partial charge in [0.15, 0.2) is 0 Å². The highest BCUT2D eigenvalue weighted by Crippen LogP contribution is 2.24. The normalized spacial score (nSPS) is 18.9. The quantitative estimate of drug-likeness (QED) is 0.833. The summed E-state index contributed by atoms with van der Waals surface area (Å²) in [5.41, 5.74) is 0.316. The van der Waals surface area contributed by atoms with Crippen LogP contribution in [-0.4, -0.2) is 47.8 Å². The summed E-state index contributed by atoms with van der Waals surface area (Å²) in [6, 6.07) is 4.80. The third-order valence-corrected chi connectivity index (χ3v) is 5.06. The van der Waals surface area contributed by atoms with Crippen LogP contribution in [0.5, 0.6) is 0 Å². The van der Waals surface area contributed by atoms with Crippen molar-refractivity contribution in [3.8, 4) is 0 Å². The van der Waals surface area contributed by atoms with Crippen molar-refractivity contribution in [1.82, 2.24) is 15.5 Å². The third kappa shape index (κ3) is 4.59. The first-order valence-electron chi connectivity index (χ1n) is 9.06. The number of hydrogen-bond donors (Lipinski definition) is 2. The first-order chi connectivity index (χ1) is 12.4. The lowest BCUT2D eigenvalue weighted by Crippen LogP contribution is -2.54. The van der Waals surface area contributed by atoms with E-state index in [0.717, 1.165) is 12.8 Å². The lowest BCUT2D eigenvalue weighted by atomic mass is 9.88. The summed E-state index contributed by atoms with van der Waals surface area (Å²) in [6.07, 6.45) is 3.25. The van der Waals surface area contributed by atoms with Crippen molar-refractivity contribution in [3.63, 3.8) is 0 Å². The molecule has 2 fully saturated rings. The topological polar surface area (TPSA) is 78.5 Å². The van der Waals surface area contributed by atoms with E-state index in [1.165, 1.54) is 31.2 Å². The van der Waals surface area contributed by atoms with Crippen molar-refractivity contribution in [2.45, 2.75) is 44.7 Å². The highest BCUT2D eigenvalue weighted by Gasteiger charge is 2.35. The van der Waals surface area contributed by atoms with Crippen molar-refractivity contribution in [3.05, 3.63) is 35.6 Å². The molecule has 7 heteroatoms. The molecule has 1 unspecified atom stereocenters. The minimum atomic E-state index is -0.651. The zero-order valence-corrected chi connectivity index (χ0v) is 14.8. The summed E-state index contributed by atoms with van der Waals surface area (Å²) >= 11 is 0. The van der Waals surface area contributed by atoms with E-state index in [4.69, 9.17) is 0 Å². The molecular weight excluding hydrogens is 337 g/mol. The number of likely N-dealkylation sites (tertiary alicyclic amines) is 1. The van der Waals surface area contributed by atoms with Gasteiger partial charge in [-0.25, -0.2) is 4.39 Å². The molecule has 6 nitrogen and oxygen atoms in total. The molecule has 1 aliphatic heterocycles. The Hall–Kier alpha value is -2.44. The highest BCUT2D eigenvalue weighted by molar-refractivity contribution is 5.97. The lowest BCUT2D eigenvalue weighted by Gasteiger charge is -2.35. The summed E-state index contributed by atoms with van der Waals surface area (Å²) in [6.45, 7) is 2.70. The molecule has 140 valence electrons. The van der Waals surface area contributed by atoms with Crippen LogP contribution in [0.4, 0.5) is 4.39 Å². The zero-order chi connectivity index (χ0) is 18.7. The molecule has 0 radical (unpaired) electrons. The number of amides is 3. The Kier molecular flexibility index (Phi) is 5.54. The monoisotopic (exact) mass is 361 g/mol. The smallest absolute Gasteiger partial charge is 0.251 e. The Balaban J connectivity index is 1.68. The van der Waals surface area contributed by atoms with Gasteiger partial charge < -0.3 is 15.5 Å². The summed E-state index contributed by atoms with van der Waals surface area (Å²) < 4.78 is 13.1. The van der Waals surface area contributed by atoms with Crippen LogP contribution in [0.25, 0.3) is 0 Å². The molecule has 26 heavy (non-hydrogen) atoms. The van der Waals surface area contributed by atoms with Crippen LogP contribution < -0.4 is 10.6 Å². The Bertz CT molecular complexity index is 680. The minimum absolute atomic E-state index is 0.0257. The van der Waals surface area contributed by atoms with Crippen molar-refractivity contribution in [1.29, 1.82) is 0 Å². The first-order valence-corrected chi connectivity index (χ1v) is 9.06. The third-order valence-electron chi connectivity index (χ3n) is 5.06. The molecule has 1 heterocycles. The van der Waals surface area contributed by atoms with Gasteiger partial charge in [-0.15, -0.1) is 0 Å². The van der Waals surface area contributed by atoms with E-state index in [0.29, 0.717) is 31.5 Å². The van der Waals surface area contributed by atoms with Gasteiger partial charge in [-0.1, -0.05) is 0 Å². The molecule has 0 spiro atoms. The standard InChI is InChI=1S/C19H24FN3O3/c1-12(24)23-10-8-13(9-11-23)17(19(26)21-16-6-7-16)22-18(25)14-2-4-15(20)5-3-14/h2-5,13,16-17H,6-11H2,1H3,(H,21,26)(H,22,25). The van der Waals surface area contributed by atoms with E-state index in [1.807, 2.05) is 0 Å². The molecule has 1 aliphatic carbocycles. The fourth-order valence-electron chi connectivity index (χ4n) is 3.29. The van der Waals surface area contributed by atoms with Crippen molar-refractivity contribution in [2.24, 2.45) is 5.92 Å². The predicted octanol–water partition coefficient (Wildman–Crippen LogP) is 1.46. The van der Waals surface area contributed by atoms with E-state index in [-0.39, 0.29) is 23.8 Å². The fraction of sp³-hybridized carbons (Fsp3) is 0.526. The average Bonchev–Trinajstić information content (AvgIpc) is 3.44. The van der Waals surface area contributed by atoms with Crippen LogP contribution >= 0.6 is 0 Å². The Labute approximate surface area is 152 Å². The molecule has 0 bridgehead atoms. The largest absolute Gasteiger partial charge is 0.352 e. The number of hydrogen-bond acceptors (Lipinski definition) is 3. The molecule has 1 atom stereocenters. The number of carbonyl (C=O) groups excluding carboxylic acids is 3. The van der Waals surface area contributed by atoms with Gasteiger partial charge in [0.05, 0.1) is 0 Å². The van der Waals surface area contributed by atoms with Crippen molar-refractivity contribution in [2.75, 3.05) is 13.1 Å². The molecule has 1 aromatic carbocycles. The van der Waals surface area contributed by atoms with Crippen LogP contribution in [0, 0.1) is 11.7 Å². The number of nitrogens with one attached hydrogen (secondary N) is 2. The van der Waals surface area contributed by atoms with Gasteiger partial charge in [-0.2, -0.15) is 0 Å². The Morgan fingerprint density at radius 2 is 1.69 bits per heavy atom. The molecule has 1 saturated carbocycles. The van der Waals surface area contributed by atoms with Crippen LogP contribution in [0.3, 0.4) is 0 Å². The number of halogens is 1. The van der Waals surface area contributed by atoms with E-state index in [1.54, 1.807) is 4.90 Å². The van der Waals surface area contributed by atoms with Gasteiger partial charge in [0.1, 0.15) is 11.9 Å². The number of carbonyl (C=O) groups is 3. The van der Waals surface area contributed by atoms with E-state index >= 15 is 0 Å². The minimum Gasteiger partial charge on any atom is -0.352 e. The van der Waals surface area contributed by atoms with E-state index in [9.17, 15) is 18.8 Å². The molecule has 0 aromatic heterocycles. The van der Waals surface area contributed by atoms with E-state index in [2.05, 4.69) is 10.6 Å². The van der Waals surface area contributed by atoms with E-state index < -0.39 is 17.8 Å². The van der Waals surface area contributed by atoms with Gasteiger partial charge in [0.25, 0.3) is 5.91 Å². The lowest BCUT2D eigenvalue weighted by molar-refractivity contribution is -0.130. The maximum Gasteiger partial charge on any atom is 0.251 e. The second-order valence-corrected chi connectivity index (χ2v) is 7.08. The van der Waals surface area contributed by atoms with Crippen molar-refractivity contribution < 1.29 is 18.8 Å². The second kappa shape index (κ2) is 7.85. The Morgan fingerprint density at radius 1 is 1.08 bits per heavy atom. The summed E-state index contributed by atoms with van der Waals surface area (Å²) in [4.78, 5) is 38.4. The summed E-state index contributed by atoms with van der Waals surface area (Å²) in [5, 5.41) is 5.78. The summed E-state index contributed by atoms with van der Waals surface area (Å²) in [7, 11) is 0. The number of benzene rings is 1. The van der Waals surface area contributed by atoms with Crippen LogP contribution in [0.15, 0.2) is 24.3 Å². The van der Waals surface area contributed by atoms with Gasteiger partial charge in [0.2, 0.25) is 11.8 Å². The highest BCUT2D eigenvalue weighted by atomic mass is 19.1. The maximum atomic E-state index is 13.1. The number of nitrogens with zero attached hydrogens (tertiary/aromatic N) is 1. The fourth-order valence-corrected chi connectivity index (χ4v) is 3.29. The zero-order valence-electron chi connectivity index (χ0n) is 14.8. The Morgan fingerprint density at radius 3 is 2.23 bits per heavy atom. The maximum absolute atomic E-state index is 13.1. The molecule has 2 N–H and O–H groups in total. The summed E-state index contributed by atoms with van der Waals surface area (Å²) in [5.74, 6) is -0.994. The molecule has 1 saturated heterocycles. The van der Waals surface area contributed by atoms with Crippen LogP contribution in [0.1, 0.15) is 43.0 Å². The second-order valence-electron chi connectivity index (χ2n) is 7.08. The van der Waals surface area contributed by atoms with Gasteiger partial charge in [-0.05, 0) is 55.9 Å². The number of rotatable bonds is 5. The van der Waals surface area contributed by atoms with Crippen molar-refractivity contribution >= 4 is 17.7 Å². The molecule has 1 aromatic rings. The predicted molar refractivity (Wildman–Crippen MR) is 93.8 cm³/mol. The van der Waals surface area contributed by atoms with Crippen LogP contribution in [-0.2, 0) is 9.59 Å². The van der Waals surface area contributed by atoms with Gasteiger partial charge in [0, 0.05) is 31.6 Å². The van der Waals surface area contributed by atoms with Gasteiger partial charge >= 0.3 is 0 Å². The molecule has 2 aliphatic rings. The first kappa shape index (κ1) is 18.4. The SMILES string of the molecule is CC(=O)N1CCC(C(NC(=O)c2ccc(F)cc2)C(=O)NC2CC2)CC1. The average molecular weight is 361 g/mol. The molecular formula is C19H24FN3O3. The molecule has 3 rings (SSSR count). The number of piperidine rings is 1. The molecule has 3 amide bonds.